The lowest BCUT2D eigenvalue weighted by Gasteiger charge is -2.49. The minimum Gasteiger partial charge on any atom is -0.368 e. The Labute approximate surface area is 160 Å². The maximum Gasteiger partial charge on any atom is 0.220 e. The van der Waals surface area contributed by atoms with Crippen molar-refractivity contribution < 1.29 is 5.11 Å². The number of nitrogens with two attached hydrogens (primary N) is 1. The monoisotopic (exact) mass is 368 g/mol. The highest BCUT2D eigenvalue weighted by atomic mass is 16.3. The molecule has 7 nitrogen and oxygen atoms in total. The number of aliphatic hydroxyl groups excluding tert-OH is 1. The number of nitrogens with one attached hydrogen (secondary N) is 1. The van der Waals surface area contributed by atoms with Crippen molar-refractivity contribution in [2.24, 2.45) is 0 Å². The summed E-state index contributed by atoms with van der Waals surface area (Å²) >= 11 is 0. The van der Waals surface area contributed by atoms with Gasteiger partial charge in [0.2, 0.25) is 5.95 Å². The van der Waals surface area contributed by atoms with Gasteiger partial charge in [-0.15, -0.1) is 0 Å². The molecule has 4 N–H and O–H groups in total. The molecular weight excluding hydrogens is 340 g/mol. The largest absolute Gasteiger partial charge is 0.368 e. The van der Waals surface area contributed by atoms with Gasteiger partial charge in [0, 0.05) is 17.6 Å². The van der Waals surface area contributed by atoms with Crippen LogP contribution >= 0.6 is 0 Å². The van der Waals surface area contributed by atoms with Gasteiger partial charge in [0.15, 0.2) is 6.35 Å². The standard InChI is InChI=1S/C20H28N6O/c1-25(2)20(15-6-4-3-5-7-15)10-8-19(9-11-20)14-26(18(27)24-19)16-12-22-17(21)23-13-16/h3-7,12-13,18,24,27H,8-11,14H2,1-2H3,(H2,21,22,23). The van der Waals surface area contributed by atoms with Gasteiger partial charge in [0.05, 0.1) is 18.1 Å². The summed E-state index contributed by atoms with van der Waals surface area (Å²) in [7, 11) is 4.33. The fraction of sp³-hybridized carbons (Fsp3) is 0.500. The van der Waals surface area contributed by atoms with Crippen LogP contribution in [0.2, 0.25) is 0 Å². The fourth-order valence-electron chi connectivity index (χ4n) is 4.71. The second kappa shape index (κ2) is 6.74. The summed E-state index contributed by atoms with van der Waals surface area (Å²) < 4.78 is 0. The van der Waals surface area contributed by atoms with Crippen LogP contribution in [0.15, 0.2) is 42.7 Å². The minimum atomic E-state index is -0.735. The molecular formula is C20H28N6O. The molecule has 1 aliphatic carbocycles. The van der Waals surface area contributed by atoms with Crippen LogP contribution in [-0.4, -0.2) is 52.5 Å². The Hall–Kier alpha value is -2.22. The molecule has 7 heteroatoms. The summed E-state index contributed by atoms with van der Waals surface area (Å²) in [5.74, 6) is 0.242. The van der Waals surface area contributed by atoms with Crippen molar-refractivity contribution >= 4 is 11.6 Å². The number of hydrogen-bond donors (Lipinski definition) is 3. The summed E-state index contributed by atoms with van der Waals surface area (Å²) in [6.45, 7) is 0.736. The molecule has 0 radical (unpaired) electrons. The number of aliphatic hydroxyl groups is 1. The van der Waals surface area contributed by atoms with Crippen molar-refractivity contribution in [2.75, 3.05) is 31.3 Å². The first kappa shape index (κ1) is 18.2. The van der Waals surface area contributed by atoms with Crippen LogP contribution < -0.4 is 16.0 Å². The van der Waals surface area contributed by atoms with E-state index in [0.717, 1.165) is 37.9 Å². The third-order valence-corrected chi connectivity index (χ3v) is 6.39. The maximum absolute atomic E-state index is 10.6. The van der Waals surface area contributed by atoms with E-state index in [1.54, 1.807) is 12.4 Å². The Bertz CT molecular complexity index is 771. The molecule has 1 saturated carbocycles. The molecule has 0 bridgehead atoms. The first-order chi connectivity index (χ1) is 12.9. The van der Waals surface area contributed by atoms with Gasteiger partial charge in [0.25, 0.3) is 0 Å². The zero-order valence-electron chi connectivity index (χ0n) is 16.0. The number of benzene rings is 1. The molecule has 2 aromatic rings. The van der Waals surface area contributed by atoms with Gasteiger partial charge < -0.3 is 15.7 Å². The fourth-order valence-corrected chi connectivity index (χ4v) is 4.71. The molecule has 1 unspecified atom stereocenters. The van der Waals surface area contributed by atoms with Crippen molar-refractivity contribution in [1.82, 2.24) is 20.2 Å². The molecule has 1 atom stereocenters. The van der Waals surface area contributed by atoms with Gasteiger partial charge in [-0.3, -0.25) is 10.2 Å². The van der Waals surface area contributed by atoms with Gasteiger partial charge in [-0.05, 0) is 45.3 Å². The third kappa shape index (κ3) is 3.16. The molecule has 4 rings (SSSR count). The lowest BCUT2D eigenvalue weighted by atomic mass is 9.69. The lowest BCUT2D eigenvalue weighted by molar-refractivity contribution is 0.0513. The van der Waals surface area contributed by atoms with E-state index < -0.39 is 6.35 Å². The van der Waals surface area contributed by atoms with E-state index in [0.29, 0.717) is 0 Å². The van der Waals surface area contributed by atoms with Crippen LogP contribution in [-0.2, 0) is 5.54 Å². The molecule has 2 fully saturated rings. The van der Waals surface area contributed by atoms with Crippen molar-refractivity contribution in [3.8, 4) is 0 Å². The predicted octanol–water partition coefficient (Wildman–Crippen LogP) is 1.51. The highest BCUT2D eigenvalue weighted by Crippen LogP contribution is 2.46. The van der Waals surface area contributed by atoms with Crippen LogP contribution in [0, 0.1) is 0 Å². The average molecular weight is 368 g/mol. The molecule has 2 heterocycles. The van der Waals surface area contributed by atoms with Crippen LogP contribution in [0.4, 0.5) is 11.6 Å². The maximum atomic E-state index is 10.6. The topological polar surface area (TPSA) is 90.5 Å². The molecule has 27 heavy (non-hydrogen) atoms. The van der Waals surface area contributed by atoms with Crippen molar-refractivity contribution in [3.63, 3.8) is 0 Å². The Morgan fingerprint density at radius 3 is 2.33 bits per heavy atom. The lowest BCUT2D eigenvalue weighted by Crippen LogP contribution is -2.54. The highest BCUT2D eigenvalue weighted by molar-refractivity contribution is 5.46. The first-order valence-corrected chi connectivity index (χ1v) is 9.47. The molecule has 0 amide bonds. The summed E-state index contributed by atoms with van der Waals surface area (Å²) in [4.78, 5) is 12.4. The molecule has 1 aromatic carbocycles. The SMILES string of the molecule is CN(C)C1(c2ccccc2)CCC2(CC1)CN(c1cnc(N)nc1)C(O)N2. The molecule has 1 saturated heterocycles. The average Bonchev–Trinajstić information content (AvgIpc) is 3.00. The number of anilines is 2. The van der Waals surface area contributed by atoms with Gasteiger partial charge in [0.1, 0.15) is 0 Å². The molecule has 144 valence electrons. The van der Waals surface area contributed by atoms with Crippen LogP contribution in [0.25, 0.3) is 0 Å². The van der Waals surface area contributed by atoms with Crippen LogP contribution in [0.3, 0.4) is 0 Å². The summed E-state index contributed by atoms with van der Waals surface area (Å²) in [6, 6.07) is 10.8. The number of aromatic nitrogens is 2. The van der Waals surface area contributed by atoms with E-state index in [1.165, 1.54) is 5.56 Å². The zero-order chi connectivity index (χ0) is 19.1. The number of nitrogen functional groups attached to an aromatic ring is 1. The second-order valence-corrected chi connectivity index (χ2v) is 8.02. The number of hydrogen-bond acceptors (Lipinski definition) is 7. The quantitative estimate of drug-likeness (QED) is 0.756. The van der Waals surface area contributed by atoms with Gasteiger partial charge in [-0.25, -0.2) is 9.97 Å². The second-order valence-electron chi connectivity index (χ2n) is 8.02. The Kier molecular flexibility index (Phi) is 4.53. The van der Waals surface area contributed by atoms with E-state index in [9.17, 15) is 5.11 Å². The Morgan fingerprint density at radius 2 is 1.74 bits per heavy atom. The number of nitrogens with zero attached hydrogens (tertiary/aromatic N) is 4. The zero-order valence-corrected chi connectivity index (χ0v) is 16.0. The minimum absolute atomic E-state index is 0.0386. The van der Waals surface area contributed by atoms with Crippen molar-refractivity contribution in [2.45, 2.75) is 43.1 Å². The van der Waals surface area contributed by atoms with Crippen LogP contribution in [0.5, 0.6) is 0 Å². The number of rotatable bonds is 3. The van der Waals surface area contributed by atoms with E-state index in [4.69, 9.17) is 5.73 Å². The van der Waals surface area contributed by atoms with Crippen molar-refractivity contribution in [1.29, 1.82) is 0 Å². The Morgan fingerprint density at radius 1 is 1.11 bits per heavy atom. The summed E-state index contributed by atoms with van der Waals surface area (Å²) in [6.07, 6.45) is 6.66. The molecule has 2 aliphatic rings. The third-order valence-electron chi connectivity index (χ3n) is 6.39. The van der Waals surface area contributed by atoms with Crippen LogP contribution in [0.1, 0.15) is 31.2 Å². The Balaban J connectivity index is 1.53. The first-order valence-electron chi connectivity index (χ1n) is 9.47. The summed E-state index contributed by atoms with van der Waals surface area (Å²) in [5.41, 5.74) is 7.68. The normalized spacial score (nSPS) is 31.0. The van der Waals surface area contributed by atoms with E-state index in [2.05, 4.69) is 64.6 Å². The highest BCUT2D eigenvalue weighted by Gasteiger charge is 2.50. The van der Waals surface area contributed by atoms with E-state index >= 15 is 0 Å². The summed E-state index contributed by atoms with van der Waals surface area (Å²) in [5, 5.41) is 14.0. The van der Waals surface area contributed by atoms with Gasteiger partial charge >= 0.3 is 0 Å². The molecule has 1 aliphatic heterocycles. The predicted molar refractivity (Wildman–Crippen MR) is 106 cm³/mol. The van der Waals surface area contributed by atoms with Gasteiger partial charge in [-0.2, -0.15) is 0 Å². The van der Waals surface area contributed by atoms with E-state index in [1.807, 2.05) is 4.90 Å². The molecule has 1 aromatic heterocycles. The van der Waals surface area contributed by atoms with E-state index in [-0.39, 0.29) is 17.0 Å². The van der Waals surface area contributed by atoms with Crippen molar-refractivity contribution in [3.05, 3.63) is 48.3 Å². The van der Waals surface area contributed by atoms with Gasteiger partial charge in [-0.1, -0.05) is 30.3 Å². The molecule has 1 spiro atoms. The smallest absolute Gasteiger partial charge is 0.220 e.